The molecule has 0 aromatic heterocycles. The van der Waals surface area contributed by atoms with Crippen molar-refractivity contribution in [2.24, 2.45) is 10.9 Å². The van der Waals surface area contributed by atoms with E-state index in [2.05, 4.69) is 28.7 Å². The number of aliphatic imine (C=N–C) groups is 1. The molecule has 1 amide bonds. The molecule has 0 aromatic rings. The van der Waals surface area contributed by atoms with Gasteiger partial charge in [-0.05, 0) is 18.8 Å². The van der Waals surface area contributed by atoms with Gasteiger partial charge in [-0.3, -0.25) is 4.79 Å². The first-order valence-electron chi connectivity index (χ1n) is 6.89. The van der Waals surface area contributed by atoms with Crippen molar-refractivity contribution in [3.63, 3.8) is 0 Å². The summed E-state index contributed by atoms with van der Waals surface area (Å²) >= 11 is 0. The Morgan fingerprint density at radius 1 is 1.58 bits per heavy atom. The van der Waals surface area contributed by atoms with Gasteiger partial charge in [0.1, 0.15) is 6.54 Å². The van der Waals surface area contributed by atoms with E-state index in [9.17, 15) is 4.79 Å². The zero-order chi connectivity index (χ0) is 14.3. The lowest BCUT2D eigenvalue weighted by Crippen LogP contribution is -2.46. The highest BCUT2D eigenvalue weighted by Crippen LogP contribution is 2.15. The number of piperidine rings is 1. The molecule has 5 nitrogen and oxygen atoms in total. The topological polar surface area (TPSA) is 47.9 Å². The van der Waals surface area contributed by atoms with E-state index < -0.39 is 0 Å². The van der Waals surface area contributed by atoms with E-state index in [1.165, 1.54) is 12.8 Å². The second-order valence-electron chi connectivity index (χ2n) is 5.29. The van der Waals surface area contributed by atoms with Gasteiger partial charge in [0.05, 0.1) is 0 Å². The van der Waals surface area contributed by atoms with E-state index in [1.807, 2.05) is 0 Å². The number of likely N-dealkylation sites (N-methyl/N-ethyl adjacent to an activating group) is 1. The number of nitrogens with one attached hydrogen (secondary N) is 1. The summed E-state index contributed by atoms with van der Waals surface area (Å²) < 4.78 is 0. The maximum atomic E-state index is 11.6. The fourth-order valence-electron chi connectivity index (χ4n) is 2.10. The van der Waals surface area contributed by atoms with Crippen molar-refractivity contribution in [3.05, 3.63) is 12.7 Å². The fourth-order valence-corrected chi connectivity index (χ4v) is 2.10. The highest BCUT2D eigenvalue weighted by atomic mass is 16.2. The quantitative estimate of drug-likeness (QED) is 0.468. The zero-order valence-corrected chi connectivity index (χ0v) is 12.4. The van der Waals surface area contributed by atoms with Crippen LogP contribution in [0.2, 0.25) is 0 Å². The van der Waals surface area contributed by atoms with Crippen LogP contribution in [0.15, 0.2) is 17.6 Å². The number of nitrogens with zero attached hydrogens (tertiary/aromatic N) is 3. The van der Waals surface area contributed by atoms with Gasteiger partial charge >= 0.3 is 0 Å². The van der Waals surface area contributed by atoms with Crippen molar-refractivity contribution in [2.75, 3.05) is 40.3 Å². The molecule has 1 aliphatic heterocycles. The molecule has 19 heavy (non-hydrogen) atoms. The standard InChI is InChI=1S/C14H26N4O/c1-5-8-15-14(16-10-13(19)17(3)4)18-9-6-7-12(2)11-18/h5,12H,1,6-11H2,2-4H3,(H,15,16). The van der Waals surface area contributed by atoms with Gasteiger partial charge in [-0.25, -0.2) is 4.99 Å². The monoisotopic (exact) mass is 266 g/mol. The molecule has 1 N–H and O–H groups in total. The second-order valence-corrected chi connectivity index (χ2v) is 5.29. The number of carbonyl (C=O) groups excluding carboxylic acids is 1. The van der Waals surface area contributed by atoms with E-state index in [1.54, 1.807) is 25.1 Å². The molecule has 0 saturated carbocycles. The van der Waals surface area contributed by atoms with Crippen molar-refractivity contribution in [2.45, 2.75) is 19.8 Å². The average Bonchev–Trinajstić information content (AvgIpc) is 2.38. The van der Waals surface area contributed by atoms with Crippen LogP contribution in [0.25, 0.3) is 0 Å². The van der Waals surface area contributed by atoms with E-state index in [-0.39, 0.29) is 12.5 Å². The normalized spacial score (nSPS) is 20.1. The minimum Gasteiger partial charge on any atom is -0.353 e. The summed E-state index contributed by atoms with van der Waals surface area (Å²) in [6.07, 6.45) is 4.25. The Bertz CT molecular complexity index is 338. The van der Waals surface area contributed by atoms with Crippen LogP contribution in [0, 0.1) is 5.92 Å². The summed E-state index contributed by atoms with van der Waals surface area (Å²) in [7, 11) is 3.50. The van der Waals surface area contributed by atoms with Crippen molar-refractivity contribution in [1.29, 1.82) is 0 Å². The third kappa shape index (κ3) is 5.32. The molecule has 5 heteroatoms. The fraction of sp³-hybridized carbons (Fsp3) is 0.714. The Morgan fingerprint density at radius 2 is 2.32 bits per heavy atom. The predicted molar refractivity (Wildman–Crippen MR) is 79.2 cm³/mol. The summed E-state index contributed by atoms with van der Waals surface area (Å²) in [5.41, 5.74) is 0. The number of carbonyl (C=O) groups is 1. The Kier molecular flexibility index (Phi) is 6.39. The third-order valence-electron chi connectivity index (χ3n) is 3.22. The molecular formula is C14H26N4O. The Hall–Kier alpha value is -1.52. The van der Waals surface area contributed by atoms with E-state index in [0.717, 1.165) is 19.0 Å². The van der Waals surface area contributed by atoms with Gasteiger partial charge in [-0.1, -0.05) is 13.0 Å². The molecular weight excluding hydrogens is 240 g/mol. The Balaban J connectivity index is 2.66. The molecule has 1 atom stereocenters. The molecule has 0 bridgehead atoms. The van der Waals surface area contributed by atoms with Gasteiger partial charge < -0.3 is 15.1 Å². The van der Waals surface area contributed by atoms with E-state index >= 15 is 0 Å². The van der Waals surface area contributed by atoms with E-state index in [4.69, 9.17) is 0 Å². The minimum absolute atomic E-state index is 0.0166. The van der Waals surface area contributed by atoms with E-state index in [0.29, 0.717) is 12.5 Å². The molecule has 0 aromatic carbocycles. The van der Waals surface area contributed by atoms with Crippen LogP contribution in [0.3, 0.4) is 0 Å². The van der Waals surface area contributed by atoms with Gasteiger partial charge in [-0.2, -0.15) is 0 Å². The van der Waals surface area contributed by atoms with Gasteiger partial charge in [0.15, 0.2) is 5.96 Å². The predicted octanol–water partition coefficient (Wildman–Crippen LogP) is 0.938. The Labute approximate surface area is 116 Å². The lowest BCUT2D eigenvalue weighted by atomic mass is 10.0. The van der Waals surface area contributed by atoms with Crippen LogP contribution in [0.5, 0.6) is 0 Å². The molecule has 1 heterocycles. The number of amides is 1. The van der Waals surface area contributed by atoms with Crippen LogP contribution in [0.1, 0.15) is 19.8 Å². The molecule has 1 aliphatic rings. The average molecular weight is 266 g/mol. The molecule has 108 valence electrons. The first-order valence-corrected chi connectivity index (χ1v) is 6.89. The van der Waals surface area contributed by atoms with Gasteiger partial charge in [0, 0.05) is 33.7 Å². The third-order valence-corrected chi connectivity index (χ3v) is 3.22. The number of guanidine groups is 1. The van der Waals surface area contributed by atoms with Gasteiger partial charge in [-0.15, -0.1) is 6.58 Å². The van der Waals surface area contributed by atoms with Crippen molar-refractivity contribution in [1.82, 2.24) is 15.1 Å². The maximum absolute atomic E-state index is 11.6. The van der Waals surface area contributed by atoms with Crippen LogP contribution in [-0.2, 0) is 4.79 Å². The molecule has 1 saturated heterocycles. The first kappa shape index (κ1) is 15.5. The van der Waals surface area contributed by atoms with Crippen LogP contribution in [-0.4, -0.2) is 61.9 Å². The van der Waals surface area contributed by atoms with Crippen LogP contribution >= 0.6 is 0 Å². The van der Waals surface area contributed by atoms with Crippen molar-refractivity contribution in [3.8, 4) is 0 Å². The van der Waals surface area contributed by atoms with Gasteiger partial charge in [0.2, 0.25) is 5.91 Å². The SMILES string of the molecule is C=CCNC(=NCC(=O)N(C)C)N1CCCC(C)C1. The molecule has 1 fully saturated rings. The van der Waals surface area contributed by atoms with Crippen molar-refractivity contribution >= 4 is 11.9 Å². The lowest BCUT2D eigenvalue weighted by molar-refractivity contribution is -0.127. The van der Waals surface area contributed by atoms with Crippen LogP contribution < -0.4 is 5.32 Å². The smallest absolute Gasteiger partial charge is 0.243 e. The number of hydrogen-bond acceptors (Lipinski definition) is 2. The summed E-state index contributed by atoms with van der Waals surface area (Å²) in [5, 5.41) is 3.24. The molecule has 0 radical (unpaired) electrons. The van der Waals surface area contributed by atoms with Crippen molar-refractivity contribution < 1.29 is 4.79 Å². The summed E-state index contributed by atoms with van der Waals surface area (Å²) in [6.45, 7) is 8.82. The summed E-state index contributed by atoms with van der Waals surface area (Å²) in [4.78, 5) is 19.9. The maximum Gasteiger partial charge on any atom is 0.243 e. The molecule has 0 aliphatic carbocycles. The molecule has 0 spiro atoms. The minimum atomic E-state index is 0.0166. The Morgan fingerprint density at radius 3 is 2.89 bits per heavy atom. The summed E-state index contributed by atoms with van der Waals surface area (Å²) in [6, 6.07) is 0. The zero-order valence-electron chi connectivity index (χ0n) is 12.4. The molecule has 1 rings (SSSR count). The lowest BCUT2D eigenvalue weighted by Gasteiger charge is -2.33. The first-order chi connectivity index (χ1) is 9.04. The number of rotatable bonds is 4. The number of hydrogen-bond donors (Lipinski definition) is 1. The van der Waals surface area contributed by atoms with Crippen LogP contribution in [0.4, 0.5) is 0 Å². The van der Waals surface area contributed by atoms with Gasteiger partial charge in [0.25, 0.3) is 0 Å². The second kappa shape index (κ2) is 7.81. The highest BCUT2D eigenvalue weighted by Gasteiger charge is 2.19. The highest BCUT2D eigenvalue weighted by molar-refractivity contribution is 5.85. The summed E-state index contributed by atoms with van der Waals surface area (Å²) in [5.74, 6) is 1.51. The molecule has 1 unspecified atom stereocenters. The number of likely N-dealkylation sites (tertiary alicyclic amines) is 1. The largest absolute Gasteiger partial charge is 0.353 e.